The van der Waals surface area contributed by atoms with Crippen molar-refractivity contribution in [3.8, 4) is 23.0 Å². The van der Waals surface area contributed by atoms with Gasteiger partial charge >= 0.3 is 0 Å². The van der Waals surface area contributed by atoms with Crippen molar-refractivity contribution in [2.75, 3.05) is 14.2 Å². The first-order valence-electron chi connectivity index (χ1n) is 6.91. The molecule has 0 fully saturated rings. The smallest absolute Gasteiger partial charge is 0.160 e. The van der Waals surface area contributed by atoms with E-state index in [1.54, 1.807) is 20.3 Å². The zero-order valence-electron chi connectivity index (χ0n) is 12.1. The van der Waals surface area contributed by atoms with Gasteiger partial charge in [0.25, 0.3) is 0 Å². The quantitative estimate of drug-likeness (QED) is 0.938. The molecule has 0 saturated heterocycles. The summed E-state index contributed by atoms with van der Waals surface area (Å²) in [7, 11) is 3.19. The summed E-state index contributed by atoms with van der Waals surface area (Å²) >= 11 is 0. The molecule has 1 N–H and O–H groups in total. The number of phenolic OH excluding ortho intramolecular Hbond substituents is 1. The summed E-state index contributed by atoms with van der Waals surface area (Å²) < 4.78 is 16.5. The van der Waals surface area contributed by atoms with Gasteiger partial charge in [-0.3, -0.25) is 0 Å². The molecule has 0 aliphatic carbocycles. The largest absolute Gasteiger partial charge is 0.504 e. The lowest BCUT2D eigenvalue weighted by molar-refractivity contribution is 0.175. The molecule has 2 aromatic carbocycles. The van der Waals surface area contributed by atoms with Crippen molar-refractivity contribution in [2.24, 2.45) is 0 Å². The topological polar surface area (TPSA) is 47.9 Å². The molecule has 3 rings (SSSR count). The normalized spacial score (nSPS) is 16.8. The van der Waals surface area contributed by atoms with Crippen LogP contribution in [0.3, 0.4) is 0 Å². The average molecular weight is 286 g/mol. The Morgan fingerprint density at radius 2 is 1.95 bits per heavy atom. The van der Waals surface area contributed by atoms with Gasteiger partial charge < -0.3 is 19.3 Å². The van der Waals surface area contributed by atoms with Crippen molar-refractivity contribution < 1.29 is 19.3 Å². The molecule has 0 amide bonds. The SMILES string of the molecule is COc1ccc2c(c1)O[C@@H](c1ccc(O)c(OC)c1)CC2. The lowest BCUT2D eigenvalue weighted by atomic mass is 9.97. The van der Waals surface area contributed by atoms with Crippen LogP contribution in [-0.4, -0.2) is 19.3 Å². The van der Waals surface area contributed by atoms with Gasteiger partial charge in [0.2, 0.25) is 0 Å². The number of aryl methyl sites for hydroxylation is 1. The third-order valence-corrected chi connectivity index (χ3v) is 3.79. The van der Waals surface area contributed by atoms with E-state index in [1.165, 1.54) is 5.56 Å². The average Bonchev–Trinajstić information content (AvgIpc) is 2.54. The summed E-state index contributed by atoms with van der Waals surface area (Å²) in [6, 6.07) is 11.2. The Morgan fingerprint density at radius 3 is 2.71 bits per heavy atom. The van der Waals surface area contributed by atoms with Crippen molar-refractivity contribution in [3.63, 3.8) is 0 Å². The third kappa shape index (κ3) is 2.61. The first-order chi connectivity index (χ1) is 10.2. The lowest BCUT2D eigenvalue weighted by Gasteiger charge is -2.27. The predicted octanol–water partition coefficient (Wildman–Crippen LogP) is 3.48. The van der Waals surface area contributed by atoms with Gasteiger partial charge in [-0.25, -0.2) is 0 Å². The van der Waals surface area contributed by atoms with Gasteiger partial charge in [-0.1, -0.05) is 12.1 Å². The number of rotatable bonds is 3. The van der Waals surface area contributed by atoms with E-state index in [1.807, 2.05) is 30.3 Å². The van der Waals surface area contributed by atoms with Crippen molar-refractivity contribution in [3.05, 3.63) is 47.5 Å². The molecule has 4 nitrogen and oxygen atoms in total. The number of phenols is 1. The van der Waals surface area contributed by atoms with E-state index in [0.717, 1.165) is 29.9 Å². The number of aromatic hydroxyl groups is 1. The number of ether oxygens (including phenoxy) is 3. The van der Waals surface area contributed by atoms with Crippen LogP contribution in [0.2, 0.25) is 0 Å². The van der Waals surface area contributed by atoms with Crippen molar-refractivity contribution >= 4 is 0 Å². The molecule has 0 radical (unpaired) electrons. The summed E-state index contributed by atoms with van der Waals surface area (Å²) in [4.78, 5) is 0. The molecular weight excluding hydrogens is 268 g/mol. The zero-order valence-corrected chi connectivity index (χ0v) is 12.1. The standard InChI is InChI=1S/C17H18O4/c1-19-13-6-3-11-5-8-15(21-16(11)10-13)12-4-7-14(18)17(9-12)20-2/h3-4,6-7,9-10,15,18H,5,8H2,1-2H3/t15-/m1/s1. The molecule has 1 aliphatic rings. The second-order valence-corrected chi connectivity index (χ2v) is 5.05. The zero-order chi connectivity index (χ0) is 14.8. The number of hydrogen-bond acceptors (Lipinski definition) is 4. The van der Waals surface area contributed by atoms with E-state index < -0.39 is 0 Å². The highest BCUT2D eigenvalue weighted by Gasteiger charge is 2.22. The van der Waals surface area contributed by atoms with Gasteiger partial charge in [0, 0.05) is 6.07 Å². The van der Waals surface area contributed by atoms with E-state index in [0.29, 0.717) is 5.75 Å². The summed E-state index contributed by atoms with van der Waals surface area (Å²) in [6.45, 7) is 0. The summed E-state index contributed by atoms with van der Waals surface area (Å²) in [6.07, 6.45) is 1.81. The summed E-state index contributed by atoms with van der Waals surface area (Å²) in [5, 5.41) is 9.68. The van der Waals surface area contributed by atoms with E-state index in [9.17, 15) is 5.11 Å². The van der Waals surface area contributed by atoms with Crippen LogP contribution in [0.1, 0.15) is 23.7 Å². The van der Waals surface area contributed by atoms with Crippen LogP contribution in [0.5, 0.6) is 23.0 Å². The van der Waals surface area contributed by atoms with Gasteiger partial charge in [0.1, 0.15) is 17.6 Å². The van der Waals surface area contributed by atoms with Crippen LogP contribution in [0.15, 0.2) is 36.4 Å². The minimum absolute atomic E-state index is 0.0425. The molecule has 1 atom stereocenters. The first kappa shape index (κ1) is 13.6. The van der Waals surface area contributed by atoms with Crippen LogP contribution >= 0.6 is 0 Å². The lowest BCUT2D eigenvalue weighted by Crippen LogP contribution is -2.15. The summed E-state index contributed by atoms with van der Waals surface area (Å²) in [5.41, 5.74) is 2.19. The van der Waals surface area contributed by atoms with Crippen LogP contribution in [0.4, 0.5) is 0 Å². The maximum atomic E-state index is 9.68. The molecule has 1 heterocycles. The van der Waals surface area contributed by atoms with Gasteiger partial charge in [-0.15, -0.1) is 0 Å². The van der Waals surface area contributed by atoms with Crippen LogP contribution in [0.25, 0.3) is 0 Å². The van der Waals surface area contributed by atoms with Crippen LogP contribution < -0.4 is 14.2 Å². The Balaban J connectivity index is 1.88. The molecule has 0 unspecified atom stereocenters. The number of fused-ring (bicyclic) bond motifs is 1. The maximum Gasteiger partial charge on any atom is 0.160 e. The molecule has 110 valence electrons. The Labute approximate surface area is 123 Å². The third-order valence-electron chi connectivity index (χ3n) is 3.79. The Hall–Kier alpha value is -2.36. The minimum Gasteiger partial charge on any atom is -0.504 e. The first-order valence-corrected chi connectivity index (χ1v) is 6.91. The molecule has 0 saturated carbocycles. The fraction of sp³-hybridized carbons (Fsp3) is 0.294. The van der Waals surface area contributed by atoms with Crippen molar-refractivity contribution in [1.82, 2.24) is 0 Å². The molecule has 21 heavy (non-hydrogen) atoms. The Kier molecular flexibility index (Phi) is 3.60. The number of hydrogen-bond donors (Lipinski definition) is 1. The highest BCUT2D eigenvalue weighted by atomic mass is 16.5. The molecule has 0 aromatic heterocycles. The fourth-order valence-electron chi connectivity index (χ4n) is 2.61. The van der Waals surface area contributed by atoms with E-state index in [2.05, 4.69) is 0 Å². The molecule has 0 bridgehead atoms. The molecular formula is C17H18O4. The molecule has 1 aliphatic heterocycles. The maximum absolute atomic E-state index is 9.68. The number of methoxy groups -OCH3 is 2. The van der Waals surface area contributed by atoms with Gasteiger partial charge in [0.05, 0.1) is 14.2 Å². The van der Waals surface area contributed by atoms with Gasteiger partial charge in [0.15, 0.2) is 11.5 Å². The van der Waals surface area contributed by atoms with E-state index in [-0.39, 0.29) is 11.9 Å². The molecule has 4 heteroatoms. The second kappa shape index (κ2) is 5.56. The summed E-state index contributed by atoms with van der Waals surface area (Å²) in [5.74, 6) is 2.25. The minimum atomic E-state index is -0.0425. The Bertz CT molecular complexity index is 651. The van der Waals surface area contributed by atoms with Gasteiger partial charge in [-0.05, 0) is 42.2 Å². The molecule has 2 aromatic rings. The van der Waals surface area contributed by atoms with Crippen LogP contribution in [-0.2, 0) is 6.42 Å². The van der Waals surface area contributed by atoms with Gasteiger partial charge in [-0.2, -0.15) is 0 Å². The van der Waals surface area contributed by atoms with Crippen molar-refractivity contribution in [2.45, 2.75) is 18.9 Å². The van der Waals surface area contributed by atoms with E-state index in [4.69, 9.17) is 14.2 Å². The van der Waals surface area contributed by atoms with E-state index >= 15 is 0 Å². The monoisotopic (exact) mass is 286 g/mol. The van der Waals surface area contributed by atoms with Crippen molar-refractivity contribution in [1.29, 1.82) is 0 Å². The van der Waals surface area contributed by atoms with Crippen LogP contribution in [0, 0.1) is 0 Å². The fourth-order valence-corrected chi connectivity index (χ4v) is 2.61. The highest BCUT2D eigenvalue weighted by Crippen LogP contribution is 2.39. The second-order valence-electron chi connectivity index (χ2n) is 5.05. The Morgan fingerprint density at radius 1 is 1.10 bits per heavy atom. The molecule has 0 spiro atoms. The number of benzene rings is 2. The predicted molar refractivity (Wildman–Crippen MR) is 79.3 cm³/mol. The highest BCUT2D eigenvalue weighted by molar-refractivity contribution is 5.45.